The van der Waals surface area contributed by atoms with Gasteiger partial charge in [0, 0.05) is 22.8 Å². The maximum Gasteiger partial charge on any atom is 0.573 e. The topological polar surface area (TPSA) is 102 Å². The fraction of sp³-hybridized carbons (Fsp3) is 0.263. The SMILES string of the molecule is O=[N+]([O-])c1cn2c(n1)OC[C@@H](OCc1ccc(-c3ccc(OC(F)(F)F)cc3F)nc1)C2. The third kappa shape index (κ3) is 4.94. The van der Waals surface area contributed by atoms with E-state index in [1.54, 1.807) is 6.07 Å². The Morgan fingerprint density at radius 2 is 2.09 bits per heavy atom. The summed E-state index contributed by atoms with van der Waals surface area (Å²) in [5.41, 5.74) is 0.900. The highest BCUT2D eigenvalue weighted by atomic mass is 19.4. The standard InChI is InChI=1S/C19H14F4N4O5/c20-15-5-12(32-19(21,22)23)2-3-14(15)16-4-1-11(6-24-16)9-30-13-7-26-8-17(27(28)29)25-18(26)31-10-13/h1-6,8,13H,7,9-10H2/t13-/m0/s1. The molecule has 0 spiro atoms. The van der Waals surface area contributed by atoms with E-state index in [1.165, 1.54) is 23.0 Å². The molecule has 1 aromatic carbocycles. The summed E-state index contributed by atoms with van der Waals surface area (Å²) in [6.45, 7) is 0.630. The number of rotatable bonds is 6. The molecule has 0 unspecified atom stereocenters. The predicted octanol–water partition coefficient (Wildman–Crippen LogP) is 3.87. The van der Waals surface area contributed by atoms with Crippen LogP contribution in [0.1, 0.15) is 5.56 Å². The number of ether oxygens (including phenoxy) is 3. The van der Waals surface area contributed by atoms with E-state index < -0.39 is 22.9 Å². The van der Waals surface area contributed by atoms with Gasteiger partial charge in [0.25, 0.3) is 0 Å². The smallest absolute Gasteiger partial charge is 0.443 e. The highest BCUT2D eigenvalue weighted by molar-refractivity contribution is 5.61. The molecule has 4 rings (SSSR count). The number of pyridine rings is 1. The van der Waals surface area contributed by atoms with Crippen molar-refractivity contribution in [2.24, 2.45) is 0 Å². The second-order valence-electron chi connectivity index (χ2n) is 6.78. The van der Waals surface area contributed by atoms with Crippen molar-refractivity contribution in [1.82, 2.24) is 14.5 Å². The maximum absolute atomic E-state index is 14.2. The molecule has 0 amide bonds. The van der Waals surface area contributed by atoms with Gasteiger partial charge in [-0.25, -0.2) is 4.39 Å². The summed E-state index contributed by atoms with van der Waals surface area (Å²) in [6, 6.07) is 6.09. The number of alkyl halides is 3. The van der Waals surface area contributed by atoms with Gasteiger partial charge < -0.3 is 24.3 Å². The molecule has 3 heterocycles. The highest BCUT2D eigenvalue weighted by Gasteiger charge is 2.31. The molecule has 0 aliphatic carbocycles. The van der Waals surface area contributed by atoms with Crippen LogP contribution in [-0.4, -0.2) is 38.5 Å². The molecule has 1 atom stereocenters. The quantitative estimate of drug-likeness (QED) is 0.317. The van der Waals surface area contributed by atoms with Crippen molar-refractivity contribution in [1.29, 1.82) is 0 Å². The van der Waals surface area contributed by atoms with Crippen molar-refractivity contribution in [3.8, 4) is 23.0 Å². The van der Waals surface area contributed by atoms with Crippen molar-refractivity contribution in [2.45, 2.75) is 25.6 Å². The lowest BCUT2D eigenvalue weighted by molar-refractivity contribution is -0.389. The van der Waals surface area contributed by atoms with E-state index in [1.807, 2.05) is 0 Å². The Hall–Kier alpha value is -3.74. The summed E-state index contributed by atoms with van der Waals surface area (Å²) < 4.78 is 67.2. The van der Waals surface area contributed by atoms with Gasteiger partial charge in [0.1, 0.15) is 30.5 Å². The lowest BCUT2D eigenvalue weighted by atomic mass is 10.1. The van der Waals surface area contributed by atoms with Crippen molar-refractivity contribution < 1.29 is 36.7 Å². The average Bonchev–Trinajstić information content (AvgIpc) is 3.16. The van der Waals surface area contributed by atoms with Crippen LogP contribution < -0.4 is 9.47 Å². The Kier molecular flexibility index (Phi) is 5.65. The van der Waals surface area contributed by atoms with Crippen LogP contribution in [0.2, 0.25) is 0 Å². The molecule has 3 aromatic rings. The lowest BCUT2D eigenvalue weighted by Gasteiger charge is -2.22. The van der Waals surface area contributed by atoms with Crippen molar-refractivity contribution >= 4 is 5.82 Å². The summed E-state index contributed by atoms with van der Waals surface area (Å²) >= 11 is 0. The molecule has 0 N–H and O–H groups in total. The average molecular weight is 454 g/mol. The predicted molar refractivity (Wildman–Crippen MR) is 99.3 cm³/mol. The Balaban J connectivity index is 1.37. The van der Waals surface area contributed by atoms with E-state index in [-0.39, 0.29) is 42.4 Å². The van der Waals surface area contributed by atoms with Crippen LogP contribution in [-0.2, 0) is 17.9 Å². The molecule has 0 saturated carbocycles. The number of hydrogen-bond donors (Lipinski definition) is 0. The second kappa shape index (κ2) is 8.42. The van der Waals surface area contributed by atoms with E-state index in [0.29, 0.717) is 18.2 Å². The van der Waals surface area contributed by atoms with Crippen LogP contribution in [0.4, 0.5) is 23.4 Å². The number of fused-ring (bicyclic) bond motifs is 1. The minimum Gasteiger partial charge on any atom is -0.443 e. The molecule has 32 heavy (non-hydrogen) atoms. The molecule has 0 bridgehead atoms. The third-order valence-corrected chi connectivity index (χ3v) is 4.47. The summed E-state index contributed by atoms with van der Waals surface area (Å²) in [6.07, 6.45) is -2.58. The molecule has 1 aliphatic rings. The first kappa shape index (κ1) is 21.5. The number of aromatic nitrogens is 3. The van der Waals surface area contributed by atoms with Gasteiger partial charge in [-0.15, -0.1) is 13.2 Å². The number of imidazole rings is 1. The Labute approximate surface area is 177 Å². The third-order valence-electron chi connectivity index (χ3n) is 4.47. The van der Waals surface area contributed by atoms with Crippen LogP contribution in [0, 0.1) is 15.9 Å². The second-order valence-corrected chi connectivity index (χ2v) is 6.78. The van der Waals surface area contributed by atoms with Crippen molar-refractivity contribution in [3.63, 3.8) is 0 Å². The molecule has 13 heteroatoms. The minimum atomic E-state index is -4.91. The zero-order chi connectivity index (χ0) is 22.9. The summed E-state index contributed by atoms with van der Waals surface area (Å²) in [4.78, 5) is 18.1. The first-order valence-corrected chi connectivity index (χ1v) is 9.14. The fourth-order valence-electron chi connectivity index (χ4n) is 3.04. The number of halogens is 4. The first-order valence-electron chi connectivity index (χ1n) is 9.14. The van der Waals surface area contributed by atoms with Gasteiger partial charge >= 0.3 is 18.2 Å². The molecule has 168 valence electrons. The summed E-state index contributed by atoms with van der Waals surface area (Å²) in [5.74, 6) is -1.89. The molecular weight excluding hydrogens is 440 g/mol. The Morgan fingerprint density at radius 3 is 2.75 bits per heavy atom. The number of nitro groups is 1. The largest absolute Gasteiger partial charge is 0.573 e. The van der Waals surface area contributed by atoms with E-state index in [4.69, 9.17) is 9.47 Å². The molecule has 0 saturated heterocycles. The van der Waals surface area contributed by atoms with Crippen LogP contribution in [0.25, 0.3) is 11.3 Å². The molecule has 9 nitrogen and oxygen atoms in total. The van der Waals surface area contributed by atoms with Gasteiger partial charge in [-0.05, 0) is 28.7 Å². The zero-order valence-corrected chi connectivity index (χ0v) is 16.1. The van der Waals surface area contributed by atoms with Crippen LogP contribution in [0.15, 0.2) is 42.7 Å². The van der Waals surface area contributed by atoms with E-state index >= 15 is 0 Å². The summed E-state index contributed by atoms with van der Waals surface area (Å²) in [7, 11) is 0. The van der Waals surface area contributed by atoms with Crippen molar-refractivity contribution in [2.75, 3.05) is 6.61 Å². The number of benzene rings is 1. The van der Waals surface area contributed by atoms with Gasteiger partial charge in [0.15, 0.2) is 0 Å². The van der Waals surface area contributed by atoms with E-state index in [9.17, 15) is 27.7 Å². The monoisotopic (exact) mass is 454 g/mol. The minimum absolute atomic E-state index is 0.0157. The molecule has 2 aromatic heterocycles. The highest BCUT2D eigenvalue weighted by Crippen LogP contribution is 2.29. The molecule has 0 radical (unpaired) electrons. The number of hydrogen-bond acceptors (Lipinski definition) is 7. The Bertz CT molecular complexity index is 1130. The van der Waals surface area contributed by atoms with Gasteiger partial charge in [0.05, 0.1) is 18.8 Å². The van der Waals surface area contributed by atoms with Gasteiger partial charge in [-0.3, -0.25) is 9.55 Å². The van der Waals surface area contributed by atoms with Gasteiger partial charge in [-0.1, -0.05) is 6.07 Å². The van der Waals surface area contributed by atoms with Gasteiger partial charge in [-0.2, -0.15) is 0 Å². The van der Waals surface area contributed by atoms with Gasteiger partial charge in [0.2, 0.25) is 0 Å². The van der Waals surface area contributed by atoms with Crippen molar-refractivity contribution in [3.05, 3.63) is 64.2 Å². The van der Waals surface area contributed by atoms with E-state index in [0.717, 1.165) is 12.1 Å². The van der Waals surface area contributed by atoms with E-state index in [2.05, 4.69) is 14.7 Å². The lowest BCUT2D eigenvalue weighted by Crippen LogP contribution is -2.32. The first-order chi connectivity index (χ1) is 15.2. The Morgan fingerprint density at radius 1 is 1.28 bits per heavy atom. The van der Waals surface area contributed by atoms with Crippen LogP contribution in [0.3, 0.4) is 0 Å². The molecular formula is C19H14F4N4O5. The van der Waals surface area contributed by atoms with Crippen LogP contribution >= 0.6 is 0 Å². The fourth-order valence-corrected chi connectivity index (χ4v) is 3.04. The molecule has 0 fully saturated rings. The number of nitrogens with zero attached hydrogens (tertiary/aromatic N) is 4. The maximum atomic E-state index is 14.2. The molecule has 1 aliphatic heterocycles. The van der Waals surface area contributed by atoms with Crippen LogP contribution in [0.5, 0.6) is 11.8 Å². The summed E-state index contributed by atoms with van der Waals surface area (Å²) in [5, 5.41) is 10.8. The normalized spacial score (nSPS) is 15.7. The zero-order valence-electron chi connectivity index (χ0n) is 16.1.